The summed E-state index contributed by atoms with van der Waals surface area (Å²) in [7, 11) is -3.71. The number of nitrogen functional groups attached to an aromatic ring is 1. The van der Waals surface area contributed by atoms with Crippen molar-refractivity contribution in [2.24, 2.45) is 5.84 Å². The molecule has 1 saturated heterocycles. The fourth-order valence-corrected chi connectivity index (χ4v) is 3.69. The van der Waals surface area contributed by atoms with Crippen LogP contribution in [-0.2, 0) is 14.8 Å². The number of nitrogens with zero attached hydrogens (tertiary/aromatic N) is 1. The molecule has 2 rings (SSSR count). The van der Waals surface area contributed by atoms with Gasteiger partial charge in [-0.3, -0.25) is 5.84 Å². The monoisotopic (exact) mass is 300 g/mol. The van der Waals surface area contributed by atoms with E-state index in [1.807, 2.05) is 13.8 Å². The highest BCUT2D eigenvalue weighted by atomic mass is 32.2. The third-order valence-electron chi connectivity index (χ3n) is 3.20. The number of nitrogens with one attached hydrogen (secondary N) is 2. The summed E-state index contributed by atoms with van der Waals surface area (Å²) >= 11 is 0. The quantitative estimate of drug-likeness (QED) is 0.555. The highest BCUT2D eigenvalue weighted by Gasteiger charge is 2.32. The number of hydrazine groups is 1. The molecule has 1 aromatic heterocycles. The second-order valence-corrected chi connectivity index (χ2v) is 7.05. The molecule has 0 bridgehead atoms. The Labute approximate surface area is 118 Å². The van der Waals surface area contributed by atoms with Crippen LogP contribution < -0.4 is 16.0 Å². The Bertz CT molecular complexity index is 574. The normalized spacial score (nSPS) is 22.4. The van der Waals surface area contributed by atoms with Crippen LogP contribution in [-0.4, -0.2) is 31.7 Å². The van der Waals surface area contributed by atoms with E-state index in [0.717, 1.165) is 0 Å². The summed E-state index contributed by atoms with van der Waals surface area (Å²) in [6, 6.07) is 3.01. The lowest BCUT2D eigenvalue weighted by molar-refractivity contribution is -0.0599. The maximum Gasteiger partial charge on any atom is 0.260 e. The summed E-state index contributed by atoms with van der Waals surface area (Å²) in [4.78, 5) is 3.90. The topological polar surface area (TPSA) is 106 Å². The Balaban J connectivity index is 2.19. The van der Waals surface area contributed by atoms with Gasteiger partial charge in [-0.1, -0.05) is 0 Å². The predicted molar refractivity (Wildman–Crippen MR) is 75.4 cm³/mol. The van der Waals surface area contributed by atoms with Crippen molar-refractivity contribution in [1.29, 1.82) is 0 Å². The smallest absolute Gasteiger partial charge is 0.260 e. The number of pyridine rings is 1. The number of nitrogens with two attached hydrogens (primary N) is 1. The van der Waals surface area contributed by atoms with Gasteiger partial charge in [-0.2, -0.15) is 0 Å². The van der Waals surface area contributed by atoms with Crippen molar-refractivity contribution in [1.82, 2.24) is 9.71 Å². The maximum absolute atomic E-state index is 12.4. The van der Waals surface area contributed by atoms with Crippen molar-refractivity contribution >= 4 is 15.7 Å². The average Bonchev–Trinajstić information content (AvgIpc) is 2.37. The molecular weight excluding hydrogens is 280 g/mol. The Morgan fingerprint density at radius 2 is 2.25 bits per heavy atom. The van der Waals surface area contributed by atoms with Crippen LogP contribution in [0.1, 0.15) is 26.7 Å². The van der Waals surface area contributed by atoms with Crippen LogP contribution >= 0.6 is 0 Å². The van der Waals surface area contributed by atoms with Crippen molar-refractivity contribution in [2.45, 2.75) is 43.4 Å². The van der Waals surface area contributed by atoms with Crippen LogP contribution in [0.3, 0.4) is 0 Å². The van der Waals surface area contributed by atoms with E-state index in [0.29, 0.717) is 19.4 Å². The molecule has 0 spiro atoms. The lowest BCUT2D eigenvalue weighted by Crippen LogP contribution is -2.46. The van der Waals surface area contributed by atoms with Gasteiger partial charge >= 0.3 is 0 Å². The molecule has 4 N–H and O–H groups in total. The SMILES string of the molecule is CC1(C)CC(NS(=O)(=O)c2ncccc2NN)CCO1. The average molecular weight is 300 g/mol. The van der Waals surface area contributed by atoms with Gasteiger partial charge in [0.25, 0.3) is 10.0 Å². The molecule has 8 heteroatoms. The summed E-state index contributed by atoms with van der Waals surface area (Å²) in [5.41, 5.74) is 2.29. The number of sulfonamides is 1. The lowest BCUT2D eigenvalue weighted by Gasteiger charge is -2.35. The summed E-state index contributed by atoms with van der Waals surface area (Å²) < 4.78 is 33.0. The van der Waals surface area contributed by atoms with Crippen LogP contribution in [0.25, 0.3) is 0 Å². The lowest BCUT2D eigenvalue weighted by atomic mass is 9.95. The largest absolute Gasteiger partial charge is 0.375 e. The molecule has 0 aromatic carbocycles. The van der Waals surface area contributed by atoms with E-state index in [1.165, 1.54) is 6.20 Å². The Morgan fingerprint density at radius 3 is 2.90 bits per heavy atom. The molecule has 0 saturated carbocycles. The van der Waals surface area contributed by atoms with Crippen LogP contribution in [0.5, 0.6) is 0 Å². The van der Waals surface area contributed by atoms with Crippen molar-refractivity contribution < 1.29 is 13.2 Å². The number of anilines is 1. The minimum Gasteiger partial charge on any atom is -0.375 e. The molecule has 1 atom stereocenters. The van der Waals surface area contributed by atoms with E-state index < -0.39 is 10.0 Å². The molecule has 1 unspecified atom stereocenters. The number of hydrogen-bond acceptors (Lipinski definition) is 6. The first-order valence-electron chi connectivity index (χ1n) is 6.42. The molecule has 2 heterocycles. The van der Waals surface area contributed by atoms with Crippen LogP contribution in [0.2, 0.25) is 0 Å². The first-order chi connectivity index (χ1) is 9.34. The minimum atomic E-state index is -3.71. The van der Waals surface area contributed by atoms with E-state index in [9.17, 15) is 8.42 Å². The molecule has 7 nitrogen and oxygen atoms in total. The van der Waals surface area contributed by atoms with Gasteiger partial charge in [0.2, 0.25) is 0 Å². The zero-order valence-electron chi connectivity index (χ0n) is 11.6. The maximum atomic E-state index is 12.4. The zero-order valence-corrected chi connectivity index (χ0v) is 12.4. The van der Waals surface area contributed by atoms with Gasteiger partial charge < -0.3 is 10.2 Å². The van der Waals surface area contributed by atoms with Gasteiger partial charge in [-0.25, -0.2) is 18.1 Å². The second kappa shape index (κ2) is 5.65. The number of aromatic nitrogens is 1. The molecule has 1 aliphatic heterocycles. The molecule has 0 radical (unpaired) electrons. The number of ether oxygens (including phenoxy) is 1. The third kappa shape index (κ3) is 3.45. The van der Waals surface area contributed by atoms with Gasteiger partial charge in [0.15, 0.2) is 5.03 Å². The summed E-state index contributed by atoms with van der Waals surface area (Å²) in [6.07, 6.45) is 2.68. The predicted octanol–water partition coefficient (Wildman–Crippen LogP) is 0.603. The van der Waals surface area contributed by atoms with Gasteiger partial charge in [0, 0.05) is 18.8 Å². The molecule has 0 aliphatic carbocycles. The highest BCUT2D eigenvalue weighted by Crippen LogP contribution is 2.25. The number of hydrogen-bond donors (Lipinski definition) is 3. The Hall–Kier alpha value is -1.22. The van der Waals surface area contributed by atoms with Gasteiger partial charge in [-0.05, 0) is 38.8 Å². The Kier molecular flexibility index (Phi) is 4.28. The highest BCUT2D eigenvalue weighted by molar-refractivity contribution is 7.89. The van der Waals surface area contributed by atoms with E-state index in [2.05, 4.69) is 15.1 Å². The van der Waals surface area contributed by atoms with E-state index in [1.54, 1.807) is 12.1 Å². The van der Waals surface area contributed by atoms with Crippen molar-refractivity contribution in [3.05, 3.63) is 18.3 Å². The first-order valence-corrected chi connectivity index (χ1v) is 7.90. The second-order valence-electron chi connectivity index (χ2n) is 5.42. The molecule has 1 aliphatic rings. The zero-order chi connectivity index (χ0) is 14.8. The van der Waals surface area contributed by atoms with Crippen molar-refractivity contribution in [3.8, 4) is 0 Å². The molecule has 0 amide bonds. The van der Waals surface area contributed by atoms with E-state index in [4.69, 9.17) is 10.6 Å². The van der Waals surface area contributed by atoms with Crippen molar-refractivity contribution in [2.75, 3.05) is 12.0 Å². The first kappa shape index (κ1) is 15.2. The molecular formula is C12H20N4O3S. The molecule has 20 heavy (non-hydrogen) atoms. The van der Waals surface area contributed by atoms with Crippen LogP contribution in [0.15, 0.2) is 23.4 Å². The third-order valence-corrected chi connectivity index (χ3v) is 4.68. The minimum absolute atomic E-state index is 0.0909. The van der Waals surface area contributed by atoms with Gasteiger partial charge in [-0.15, -0.1) is 0 Å². The Morgan fingerprint density at radius 1 is 1.50 bits per heavy atom. The standard InChI is InChI=1S/C12H20N4O3S/c1-12(2)8-9(5-7-19-12)16-20(17,18)11-10(15-13)4-3-6-14-11/h3-4,6,9,15-16H,5,7-8,13H2,1-2H3. The van der Waals surface area contributed by atoms with Gasteiger partial charge in [0.05, 0.1) is 11.3 Å². The summed E-state index contributed by atoms with van der Waals surface area (Å²) in [5, 5.41) is -0.0909. The summed E-state index contributed by atoms with van der Waals surface area (Å²) in [6.45, 7) is 4.42. The molecule has 112 valence electrons. The molecule has 1 aromatic rings. The van der Waals surface area contributed by atoms with E-state index >= 15 is 0 Å². The van der Waals surface area contributed by atoms with Crippen LogP contribution in [0, 0.1) is 0 Å². The van der Waals surface area contributed by atoms with Gasteiger partial charge in [0.1, 0.15) is 0 Å². The molecule has 1 fully saturated rings. The van der Waals surface area contributed by atoms with Crippen LogP contribution in [0.4, 0.5) is 5.69 Å². The van der Waals surface area contributed by atoms with E-state index in [-0.39, 0.29) is 22.4 Å². The summed E-state index contributed by atoms with van der Waals surface area (Å²) in [5.74, 6) is 5.32. The fraction of sp³-hybridized carbons (Fsp3) is 0.583. The van der Waals surface area contributed by atoms with Crippen molar-refractivity contribution in [3.63, 3.8) is 0 Å². The fourth-order valence-electron chi connectivity index (χ4n) is 2.32. The number of rotatable bonds is 4.